The van der Waals surface area contributed by atoms with Gasteiger partial charge in [-0.3, -0.25) is 19.1 Å². The van der Waals surface area contributed by atoms with Crippen LogP contribution in [0.3, 0.4) is 0 Å². The van der Waals surface area contributed by atoms with E-state index in [1.807, 2.05) is 23.6 Å². The predicted octanol–water partition coefficient (Wildman–Crippen LogP) is 3.64. The summed E-state index contributed by atoms with van der Waals surface area (Å²) in [5.74, 6) is 0.710. The van der Waals surface area contributed by atoms with E-state index in [0.29, 0.717) is 28.2 Å². The highest BCUT2D eigenvalue weighted by molar-refractivity contribution is 7.20. The van der Waals surface area contributed by atoms with Gasteiger partial charge in [0.15, 0.2) is 0 Å². The Balaban J connectivity index is 1.30. The standard InChI is InChI=1S/C26H32N4O3S/c1-17-15-29(11-12-33-17)16-20-8-6-7-19(13-20)14-27-24(31)23-18(2)22-25(34-23)28-21-9-4-3-5-10-30(21)26(22)32/h6-8,13,17H,3-5,9-12,14-16H2,1-2H3,(H,27,31). The number of aromatic nitrogens is 2. The van der Waals surface area contributed by atoms with Gasteiger partial charge in [0.2, 0.25) is 0 Å². The van der Waals surface area contributed by atoms with Gasteiger partial charge in [0.25, 0.3) is 11.5 Å². The lowest BCUT2D eigenvalue weighted by molar-refractivity contribution is -0.0212. The Morgan fingerprint density at radius 1 is 1.24 bits per heavy atom. The van der Waals surface area contributed by atoms with Gasteiger partial charge in [-0.25, -0.2) is 4.98 Å². The number of fused-ring (bicyclic) bond motifs is 2. The van der Waals surface area contributed by atoms with Gasteiger partial charge in [-0.2, -0.15) is 0 Å². The Kier molecular flexibility index (Phi) is 6.81. The third-order valence-electron chi connectivity index (χ3n) is 6.79. The first-order valence-electron chi connectivity index (χ1n) is 12.2. The molecule has 2 aliphatic rings. The van der Waals surface area contributed by atoms with E-state index in [2.05, 4.69) is 29.3 Å². The maximum absolute atomic E-state index is 13.2. The van der Waals surface area contributed by atoms with E-state index in [1.165, 1.54) is 16.9 Å². The maximum atomic E-state index is 13.2. The molecule has 1 aromatic carbocycles. The highest BCUT2D eigenvalue weighted by Crippen LogP contribution is 2.28. The molecule has 5 rings (SSSR count). The second-order valence-corrected chi connectivity index (χ2v) is 10.5. The van der Waals surface area contributed by atoms with Crippen LogP contribution in [0.2, 0.25) is 0 Å². The van der Waals surface area contributed by atoms with Gasteiger partial charge >= 0.3 is 0 Å². The summed E-state index contributed by atoms with van der Waals surface area (Å²) >= 11 is 1.33. The van der Waals surface area contributed by atoms with E-state index < -0.39 is 0 Å². The second kappa shape index (κ2) is 9.98. The van der Waals surface area contributed by atoms with Crippen LogP contribution in [-0.4, -0.2) is 46.2 Å². The number of carbonyl (C=O) groups is 1. The molecule has 2 aromatic heterocycles. The molecule has 0 bridgehead atoms. The lowest BCUT2D eigenvalue weighted by Gasteiger charge is -2.31. The molecule has 8 heteroatoms. The zero-order valence-electron chi connectivity index (χ0n) is 19.9. The fraction of sp³-hybridized carbons (Fsp3) is 0.500. The van der Waals surface area contributed by atoms with Gasteiger partial charge in [0.05, 0.1) is 23.0 Å². The predicted molar refractivity (Wildman–Crippen MR) is 134 cm³/mol. The largest absolute Gasteiger partial charge is 0.376 e. The van der Waals surface area contributed by atoms with Crippen LogP contribution in [0.5, 0.6) is 0 Å². The number of ether oxygens (including phenoxy) is 1. The average Bonchev–Trinajstić information content (AvgIpc) is 2.99. The van der Waals surface area contributed by atoms with E-state index in [0.717, 1.165) is 68.9 Å². The number of nitrogens with one attached hydrogen (secondary N) is 1. The van der Waals surface area contributed by atoms with Gasteiger partial charge in [-0.05, 0) is 43.4 Å². The quantitative estimate of drug-likeness (QED) is 0.603. The van der Waals surface area contributed by atoms with Crippen molar-refractivity contribution < 1.29 is 9.53 Å². The Hall–Kier alpha value is -2.55. The van der Waals surface area contributed by atoms with Crippen molar-refractivity contribution in [3.63, 3.8) is 0 Å². The number of aryl methyl sites for hydroxylation is 2. The molecule has 0 radical (unpaired) electrons. The minimum absolute atomic E-state index is 0.000155. The monoisotopic (exact) mass is 480 g/mol. The number of nitrogens with zero attached hydrogens (tertiary/aromatic N) is 3. The van der Waals surface area contributed by atoms with Crippen molar-refractivity contribution >= 4 is 27.5 Å². The first-order chi connectivity index (χ1) is 16.5. The minimum Gasteiger partial charge on any atom is -0.376 e. The van der Waals surface area contributed by atoms with Crippen LogP contribution in [0.15, 0.2) is 29.1 Å². The smallest absolute Gasteiger partial charge is 0.262 e. The van der Waals surface area contributed by atoms with Crippen LogP contribution in [-0.2, 0) is 30.8 Å². The number of amides is 1. The number of thiophene rings is 1. The zero-order chi connectivity index (χ0) is 23.7. The molecule has 0 saturated carbocycles. The Morgan fingerprint density at radius 3 is 2.94 bits per heavy atom. The van der Waals surface area contributed by atoms with E-state index >= 15 is 0 Å². The summed E-state index contributed by atoms with van der Waals surface area (Å²) in [6.45, 7) is 8.66. The van der Waals surface area contributed by atoms with Crippen LogP contribution < -0.4 is 10.9 Å². The molecule has 2 aliphatic heterocycles. The first-order valence-corrected chi connectivity index (χ1v) is 13.0. The van der Waals surface area contributed by atoms with E-state index in [9.17, 15) is 9.59 Å². The van der Waals surface area contributed by atoms with E-state index in [1.54, 1.807) is 0 Å². The number of rotatable bonds is 5. The molecule has 1 saturated heterocycles. The van der Waals surface area contributed by atoms with Crippen molar-refractivity contribution in [2.45, 2.75) is 65.3 Å². The van der Waals surface area contributed by atoms with Crippen LogP contribution in [0, 0.1) is 6.92 Å². The molecular weight excluding hydrogens is 448 g/mol. The number of morpholine rings is 1. The average molecular weight is 481 g/mol. The molecule has 0 aliphatic carbocycles. The molecule has 0 spiro atoms. The summed E-state index contributed by atoms with van der Waals surface area (Å²) in [5.41, 5.74) is 3.04. The Labute approximate surface area is 203 Å². The molecule has 7 nitrogen and oxygen atoms in total. The van der Waals surface area contributed by atoms with Crippen LogP contribution in [0.1, 0.15) is 58.4 Å². The summed E-state index contributed by atoms with van der Waals surface area (Å²) in [5, 5.41) is 3.65. The van der Waals surface area contributed by atoms with Gasteiger partial charge in [0, 0.05) is 39.1 Å². The molecule has 34 heavy (non-hydrogen) atoms. The molecule has 1 fully saturated rings. The van der Waals surface area contributed by atoms with Crippen LogP contribution in [0.4, 0.5) is 0 Å². The molecule has 1 N–H and O–H groups in total. The number of hydrogen-bond acceptors (Lipinski definition) is 6. The number of carbonyl (C=O) groups excluding carboxylic acids is 1. The Bertz CT molecular complexity index is 1260. The van der Waals surface area contributed by atoms with E-state index in [-0.39, 0.29) is 17.6 Å². The lowest BCUT2D eigenvalue weighted by atomic mass is 10.1. The van der Waals surface area contributed by atoms with Gasteiger partial charge in [-0.15, -0.1) is 11.3 Å². The number of benzene rings is 1. The van der Waals surface area contributed by atoms with Gasteiger partial charge < -0.3 is 10.1 Å². The third kappa shape index (κ3) is 4.80. The fourth-order valence-corrected chi connectivity index (χ4v) is 6.13. The summed E-state index contributed by atoms with van der Waals surface area (Å²) < 4.78 is 7.45. The summed E-state index contributed by atoms with van der Waals surface area (Å²) in [4.78, 5) is 34.7. The summed E-state index contributed by atoms with van der Waals surface area (Å²) in [7, 11) is 0. The molecule has 4 heterocycles. The lowest BCUT2D eigenvalue weighted by Crippen LogP contribution is -2.40. The first kappa shape index (κ1) is 23.2. The third-order valence-corrected chi connectivity index (χ3v) is 7.98. The SMILES string of the molecule is Cc1c(C(=O)NCc2cccc(CN3CCOC(C)C3)c2)sc2nc3n(c(=O)c12)CCCCC3. The minimum atomic E-state index is -0.146. The topological polar surface area (TPSA) is 76.5 Å². The maximum Gasteiger partial charge on any atom is 0.262 e. The van der Waals surface area contributed by atoms with Crippen molar-refractivity contribution in [1.29, 1.82) is 0 Å². The molecule has 1 amide bonds. The molecule has 3 aromatic rings. The van der Waals surface area contributed by atoms with Crippen molar-refractivity contribution in [2.24, 2.45) is 0 Å². The van der Waals surface area contributed by atoms with Gasteiger partial charge in [-0.1, -0.05) is 30.7 Å². The van der Waals surface area contributed by atoms with Crippen LogP contribution >= 0.6 is 11.3 Å². The van der Waals surface area contributed by atoms with Crippen molar-refractivity contribution in [3.8, 4) is 0 Å². The van der Waals surface area contributed by atoms with E-state index in [4.69, 9.17) is 9.72 Å². The summed E-state index contributed by atoms with van der Waals surface area (Å²) in [6.07, 6.45) is 4.26. The van der Waals surface area contributed by atoms with Crippen LogP contribution in [0.25, 0.3) is 10.2 Å². The molecule has 1 unspecified atom stereocenters. The highest BCUT2D eigenvalue weighted by Gasteiger charge is 2.22. The van der Waals surface area contributed by atoms with Gasteiger partial charge in [0.1, 0.15) is 10.7 Å². The fourth-order valence-electron chi connectivity index (χ4n) is 5.02. The molecule has 180 valence electrons. The molecular formula is C26H32N4O3S. The zero-order valence-corrected chi connectivity index (χ0v) is 20.7. The summed E-state index contributed by atoms with van der Waals surface area (Å²) in [6, 6.07) is 8.37. The van der Waals surface area contributed by atoms with Crippen molar-refractivity contribution in [2.75, 3.05) is 19.7 Å². The van der Waals surface area contributed by atoms with Crippen molar-refractivity contribution in [3.05, 3.63) is 62.0 Å². The molecule has 1 atom stereocenters. The number of hydrogen-bond donors (Lipinski definition) is 1. The normalized spacial score (nSPS) is 19.1. The highest BCUT2D eigenvalue weighted by atomic mass is 32.1. The van der Waals surface area contributed by atoms with Crippen molar-refractivity contribution in [1.82, 2.24) is 19.8 Å². The second-order valence-electron chi connectivity index (χ2n) is 9.45. The Morgan fingerprint density at radius 2 is 2.09 bits per heavy atom.